The fourth-order valence-corrected chi connectivity index (χ4v) is 8.76. The fraction of sp³-hybridized carbons (Fsp3) is 1.00. The summed E-state index contributed by atoms with van der Waals surface area (Å²) < 4.78 is 0. The largest absolute Gasteiger partial charge is 0.396 e. The smallest absolute Gasteiger partial charge is 0.0515 e. The van der Waals surface area contributed by atoms with E-state index in [1.54, 1.807) is 0 Å². The molecule has 2 N–H and O–H groups in total. The van der Waals surface area contributed by atoms with Crippen LogP contribution in [-0.4, -0.2) is 23.4 Å². The lowest BCUT2D eigenvalue weighted by Crippen LogP contribution is -2.41. The van der Waals surface area contributed by atoms with Crippen LogP contribution in [0.15, 0.2) is 0 Å². The van der Waals surface area contributed by atoms with Crippen molar-refractivity contribution in [1.29, 1.82) is 0 Å². The minimum absolute atomic E-state index is 0.0401. The van der Waals surface area contributed by atoms with Gasteiger partial charge in [-0.25, -0.2) is 0 Å². The standard InChI is InChI=1S/C14H18O2/c15-2-14(3-16)12-8-4-1-5-7-6(4)10(12)11(7)13(14)9(5)8/h4-13,15-16H,1-3H2/t4-,5-,6+,7+,8-,9+,10+,11+,12+,13-/m0/s1. The molecular weight excluding hydrogens is 200 g/mol. The quantitative estimate of drug-likeness (QED) is 0.712. The van der Waals surface area contributed by atoms with Crippen LogP contribution in [0.5, 0.6) is 0 Å². The van der Waals surface area contributed by atoms with Crippen molar-refractivity contribution in [2.45, 2.75) is 6.42 Å². The highest BCUT2D eigenvalue weighted by atomic mass is 16.3. The predicted molar refractivity (Wildman–Crippen MR) is 56.1 cm³/mol. The van der Waals surface area contributed by atoms with E-state index >= 15 is 0 Å². The molecule has 86 valence electrons. The second kappa shape index (κ2) is 1.91. The van der Waals surface area contributed by atoms with Crippen LogP contribution in [0.4, 0.5) is 0 Å². The van der Waals surface area contributed by atoms with Gasteiger partial charge in [0.15, 0.2) is 0 Å². The summed E-state index contributed by atoms with van der Waals surface area (Å²) >= 11 is 0. The van der Waals surface area contributed by atoms with Crippen molar-refractivity contribution >= 4 is 0 Å². The maximum atomic E-state index is 9.87. The van der Waals surface area contributed by atoms with Crippen LogP contribution in [0.3, 0.4) is 0 Å². The first-order chi connectivity index (χ1) is 7.85. The van der Waals surface area contributed by atoms with E-state index in [4.69, 9.17) is 0 Å². The average molecular weight is 218 g/mol. The minimum Gasteiger partial charge on any atom is -0.396 e. The second-order valence-corrected chi connectivity index (χ2v) is 7.63. The molecule has 7 aliphatic rings. The summed E-state index contributed by atoms with van der Waals surface area (Å²) in [5, 5.41) is 19.7. The van der Waals surface area contributed by atoms with Gasteiger partial charge in [0.05, 0.1) is 13.2 Å². The van der Waals surface area contributed by atoms with Gasteiger partial charge in [-0.05, 0) is 65.6 Å². The van der Waals surface area contributed by atoms with E-state index < -0.39 is 0 Å². The number of aliphatic hydroxyl groups excluding tert-OH is 2. The van der Waals surface area contributed by atoms with E-state index in [9.17, 15) is 10.2 Å². The topological polar surface area (TPSA) is 40.5 Å². The molecule has 0 amide bonds. The maximum absolute atomic E-state index is 9.87. The SMILES string of the molecule is OCC1(CO)[C@@H]2[C@@H]3[C@@H]4[C@@H]5C[C@H]6[C@H]4[C@H]3[C@H]1[C@@H]6[C@@H]52. The van der Waals surface area contributed by atoms with E-state index in [0.717, 1.165) is 59.2 Å². The maximum Gasteiger partial charge on any atom is 0.0515 e. The van der Waals surface area contributed by atoms with Gasteiger partial charge in [-0.3, -0.25) is 0 Å². The molecular formula is C14H18O2. The number of hydrogen-bond donors (Lipinski definition) is 2. The Morgan fingerprint density at radius 3 is 1.69 bits per heavy atom. The molecule has 0 aromatic rings. The summed E-state index contributed by atoms with van der Waals surface area (Å²) in [7, 11) is 0. The van der Waals surface area contributed by atoms with E-state index in [1.807, 2.05) is 0 Å². The molecule has 7 fully saturated rings. The van der Waals surface area contributed by atoms with Crippen LogP contribution >= 0.6 is 0 Å². The van der Waals surface area contributed by atoms with Gasteiger partial charge in [-0.1, -0.05) is 0 Å². The van der Waals surface area contributed by atoms with Crippen LogP contribution in [0.1, 0.15) is 6.42 Å². The molecule has 0 aromatic carbocycles. The highest BCUT2D eigenvalue weighted by Gasteiger charge is 2.91. The van der Waals surface area contributed by atoms with Gasteiger partial charge in [0, 0.05) is 5.41 Å². The van der Waals surface area contributed by atoms with Gasteiger partial charge in [0.25, 0.3) is 0 Å². The molecule has 0 unspecified atom stereocenters. The lowest BCUT2D eigenvalue weighted by atomic mass is 9.60. The molecule has 7 aliphatic carbocycles. The number of rotatable bonds is 2. The van der Waals surface area contributed by atoms with Crippen molar-refractivity contribution in [3.05, 3.63) is 0 Å². The Morgan fingerprint density at radius 1 is 0.750 bits per heavy atom. The first kappa shape index (κ1) is 8.10. The first-order valence-electron chi connectivity index (χ1n) is 7.07. The van der Waals surface area contributed by atoms with Gasteiger partial charge in [0.2, 0.25) is 0 Å². The average Bonchev–Trinajstić information content (AvgIpc) is 2.88. The zero-order valence-corrected chi connectivity index (χ0v) is 9.29. The van der Waals surface area contributed by atoms with Crippen LogP contribution in [-0.2, 0) is 0 Å². The summed E-state index contributed by atoms with van der Waals surface area (Å²) in [6.07, 6.45) is 1.53. The minimum atomic E-state index is -0.0401. The second-order valence-electron chi connectivity index (χ2n) is 7.63. The first-order valence-corrected chi connectivity index (χ1v) is 7.07. The molecule has 2 nitrogen and oxygen atoms in total. The van der Waals surface area contributed by atoms with Crippen molar-refractivity contribution in [3.63, 3.8) is 0 Å². The van der Waals surface area contributed by atoms with Gasteiger partial charge < -0.3 is 10.2 Å². The molecule has 0 spiro atoms. The zero-order valence-electron chi connectivity index (χ0n) is 9.29. The highest BCUT2D eigenvalue weighted by molar-refractivity contribution is 5.38. The normalized spacial score (nSPS) is 76.9. The summed E-state index contributed by atoms with van der Waals surface area (Å²) in [5.41, 5.74) is -0.0401. The van der Waals surface area contributed by atoms with E-state index in [2.05, 4.69) is 0 Å². The Morgan fingerprint density at radius 2 is 1.25 bits per heavy atom. The Balaban J connectivity index is 1.67. The molecule has 4 bridgehead atoms. The molecule has 0 saturated heterocycles. The highest BCUT2D eigenvalue weighted by Crippen LogP contribution is 2.94. The Kier molecular flexibility index (Phi) is 0.966. The van der Waals surface area contributed by atoms with Gasteiger partial charge in [-0.2, -0.15) is 0 Å². The van der Waals surface area contributed by atoms with Crippen LogP contribution in [0.25, 0.3) is 0 Å². The number of hydrogen-bond acceptors (Lipinski definition) is 2. The molecule has 10 atom stereocenters. The van der Waals surface area contributed by atoms with Crippen molar-refractivity contribution < 1.29 is 10.2 Å². The van der Waals surface area contributed by atoms with Crippen molar-refractivity contribution in [3.8, 4) is 0 Å². The molecule has 7 rings (SSSR count). The Labute approximate surface area is 95.0 Å². The van der Waals surface area contributed by atoms with Crippen molar-refractivity contribution in [2.24, 2.45) is 64.6 Å². The molecule has 7 saturated carbocycles. The summed E-state index contributed by atoms with van der Waals surface area (Å²) in [4.78, 5) is 0. The fourth-order valence-electron chi connectivity index (χ4n) is 8.76. The van der Waals surface area contributed by atoms with Gasteiger partial charge >= 0.3 is 0 Å². The van der Waals surface area contributed by atoms with Crippen LogP contribution < -0.4 is 0 Å². The molecule has 0 aromatic heterocycles. The lowest BCUT2D eigenvalue weighted by molar-refractivity contribution is 0.00446. The number of aliphatic hydroxyl groups is 2. The van der Waals surface area contributed by atoms with Crippen molar-refractivity contribution in [1.82, 2.24) is 0 Å². The molecule has 0 radical (unpaired) electrons. The monoisotopic (exact) mass is 218 g/mol. The molecule has 16 heavy (non-hydrogen) atoms. The Hall–Kier alpha value is -0.0800. The van der Waals surface area contributed by atoms with Gasteiger partial charge in [-0.15, -0.1) is 0 Å². The third-order valence-electron chi connectivity index (χ3n) is 8.32. The van der Waals surface area contributed by atoms with E-state index in [0.29, 0.717) is 0 Å². The summed E-state index contributed by atoms with van der Waals surface area (Å²) in [6.45, 7) is 0.523. The lowest BCUT2D eigenvalue weighted by Gasteiger charge is -2.44. The predicted octanol–water partition coefficient (Wildman–Crippen LogP) is 0.591. The third kappa shape index (κ3) is 0.425. The van der Waals surface area contributed by atoms with E-state index in [1.165, 1.54) is 6.42 Å². The van der Waals surface area contributed by atoms with Crippen molar-refractivity contribution in [2.75, 3.05) is 13.2 Å². The third-order valence-corrected chi connectivity index (χ3v) is 8.32. The van der Waals surface area contributed by atoms with Crippen LogP contribution in [0.2, 0.25) is 0 Å². The molecule has 0 heterocycles. The van der Waals surface area contributed by atoms with Gasteiger partial charge in [0.1, 0.15) is 0 Å². The summed E-state index contributed by atoms with van der Waals surface area (Å²) in [6, 6.07) is 0. The zero-order chi connectivity index (χ0) is 10.4. The summed E-state index contributed by atoms with van der Waals surface area (Å²) in [5.74, 6) is 9.33. The molecule has 2 heteroatoms. The van der Waals surface area contributed by atoms with Crippen LogP contribution in [0, 0.1) is 64.6 Å². The van der Waals surface area contributed by atoms with E-state index in [-0.39, 0.29) is 18.6 Å². The Bertz CT molecular complexity index is 377. The molecule has 0 aliphatic heterocycles.